The average molecular weight is 281 g/mol. The van der Waals surface area contributed by atoms with E-state index < -0.39 is 0 Å². The Kier molecular flexibility index (Phi) is 4.81. The molecule has 1 aromatic rings. The second-order valence-corrected chi connectivity index (χ2v) is 5.73. The van der Waals surface area contributed by atoms with Gasteiger partial charge in [-0.05, 0) is 37.3 Å². The summed E-state index contributed by atoms with van der Waals surface area (Å²) in [5.41, 5.74) is 0.648. The molecule has 0 bridgehead atoms. The van der Waals surface area contributed by atoms with Crippen molar-refractivity contribution in [2.24, 2.45) is 5.92 Å². The van der Waals surface area contributed by atoms with E-state index in [0.717, 1.165) is 25.8 Å². The fraction of sp³-hybridized carbons (Fsp3) is 0.600. The van der Waals surface area contributed by atoms with Crippen molar-refractivity contribution in [3.8, 4) is 0 Å². The van der Waals surface area contributed by atoms with Crippen LogP contribution in [0.1, 0.15) is 49.9 Å². The molecular formula is C15H21ClN2O. The molecule has 104 valence electrons. The molecule has 1 aromatic heterocycles. The molecule has 1 aliphatic rings. The molecule has 4 heteroatoms. The van der Waals surface area contributed by atoms with Gasteiger partial charge in [0.15, 0.2) is 0 Å². The summed E-state index contributed by atoms with van der Waals surface area (Å²) in [6.07, 6.45) is 6.08. The summed E-state index contributed by atoms with van der Waals surface area (Å²) in [5, 5.41) is 0.378. The van der Waals surface area contributed by atoms with Gasteiger partial charge in [0, 0.05) is 24.3 Å². The minimum absolute atomic E-state index is 0.0919. The standard InChI is InChI=1S/C15H21ClN2O/c1-3-5-13-11(2)6-4-9-18(13)15(19)12-7-8-17-14(16)10-12/h7-8,10-11,13H,3-6,9H2,1-2H3. The van der Waals surface area contributed by atoms with E-state index in [0.29, 0.717) is 22.7 Å². The summed E-state index contributed by atoms with van der Waals surface area (Å²) >= 11 is 5.87. The summed E-state index contributed by atoms with van der Waals surface area (Å²) in [6, 6.07) is 3.76. The monoisotopic (exact) mass is 280 g/mol. The van der Waals surface area contributed by atoms with Crippen molar-refractivity contribution in [1.29, 1.82) is 0 Å². The number of piperidine rings is 1. The van der Waals surface area contributed by atoms with Crippen LogP contribution in [0.2, 0.25) is 5.15 Å². The van der Waals surface area contributed by atoms with Gasteiger partial charge in [-0.3, -0.25) is 4.79 Å². The van der Waals surface area contributed by atoms with Gasteiger partial charge in [-0.15, -0.1) is 0 Å². The molecule has 2 unspecified atom stereocenters. The van der Waals surface area contributed by atoms with Gasteiger partial charge in [0.25, 0.3) is 5.91 Å². The molecular weight excluding hydrogens is 260 g/mol. The summed E-state index contributed by atoms with van der Waals surface area (Å²) < 4.78 is 0. The summed E-state index contributed by atoms with van der Waals surface area (Å²) in [5.74, 6) is 0.671. The molecule has 2 atom stereocenters. The molecule has 19 heavy (non-hydrogen) atoms. The Morgan fingerprint density at radius 3 is 3.05 bits per heavy atom. The topological polar surface area (TPSA) is 33.2 Å². The number of likely N-dealkylation sites (tertiary alicyclic amines) is 1. The number of nitrogens with zero attached hydrogens (tertiary/aromatic N) is 2. The minimum Gasteiger partial charge on any atom is -0.335 e. The van der Waals surface area contributed by atoms with Crippen LogP contribution in [0.15, 0.2) is 18.3 Å². The highest BCUT2D eigenvalue weighted by Gasteiger charge is 2.31. The highest BCUT2D eigenvalue weighted by molar-refractivity contribution is 6.29. The number of halogens is 1. The quantitative estimate of drug-likeness (QED) is 0.790. The lowest BCUT2D eigenvalue weighted by Crippen LogP contribution is -2.47. The smallest absolute Gasteiger partial charge is 0.254 e. The first kappa shape index (κ1) is 14.3. The SMILES string of the molecule is CCCC1C(C)CCCN1C(=O)c1ccnc(Cl)c1. The van der Waals surface area contributed by atoms with Gasteiger partial charge in [-0.25, -0.2) is 4.98 Å². The van der Waals surface area contributed by atoms with Crippen LogP contribution in [0.25, 0.3) is 0 Å². The molecule has 0 saturated carbocycles. The van der Waals surface area contributed by atoms with Crippen LogP contribution in [-0.2, 0) is 0 Å². The van der Waals surface area contributed by atoms with E-state index in [2.05, 4.69) is 18.8 Å². The van der Waals surface area contributed by atoms with Crippen LogP contribution in [0.5, 0.6) is 0 Å². The molecule has 0 aromatic carbocycles. The van der Waals surface area contributed by atoms with E-state index in [9.17, 15) is 4.79 Å². The number of carbonyl (C=O) groups excluding carboxylic acids is 1. The molecule has 0 spiro atoms. The predicted octanol–water partition coefficient (Wildman–Crippen LogP) is 3.78. The maximum absolute atomic E-state index is 12.6. The zero-order chi connectivity index (χ0) is 13.8. The maximum atomic E-state index is 12.6. The van der Waals surface area contributed by atoms with Crippen molar-refractivity contribution < 1.29 is 4.79 Å². The number of aromatic nitrogens is 1. The third-order valence-electron chi connectivity index (χ3n) is 3.93. The lowest BCUT2D eigenvalue weighted by atomic mass is 9.87. The Morgan fingerprint density at radius 1 is 1.58 bits per heavy atom. The zero-order valence-corrected chi connectivity index (χ0v) is 12.4. The molecule has 1 amide bonds. The maximum Gasteiger partial charge on any atom is 0.254 e. The molecule has 1 aliphatic heterocycles. The third-order valence-corrected chi connectivity index (χ3v) is 4.14. The van der Waals surface area contributed by atoms with Gasteiger partial charge in [0.1, 0.15) is 5.15 Å². The van der Waals surface area contributed by atoms with Gasteiger partial charge in [0.2, 0.25) is 0 Å². The molecule has 2 heterocycles. The number of hydrogen-bond acceptors (Lipinski definition) is 2. The Hall–Kier alpha value is -1.09. The van der Waals surface area contributed by atoms with Crippen molar-refractivity contribution in [2.45, 2.75) is 45.6 Å². The highest BCUT2D eigenvalue weighted by atomic mass is 35.5. The van der Waals surface area contributed by atoms with E-state index in [1.165, 1.54) is 6.42 Å². The van der Waals surface area contributed by atoms with E-state index in [4.69, 9.17) is 11.6 Å². The predicted molar refractivity (Wildman–Crippen MR) is 77.4 cm³/mol. The molecule has 1 fully saturated rings. The van der Waals surface area contributed by atoms with Crippen molar-refractivity contribution in [3.05, 3.63) is 29.0 Å². The van der Waals surface area contributed by atoms with Crippen LogP contribution in [-0.4, -0.2) is 28.4 Å². The van der Waals surface area contributed by atoms with Crippen LogP contribution < -0.4 is 0 Å². The molecule has 0 N–H and O–H groups in total. The number of rotatable bonds is 3. The van der Waals surface area contributed by atoms with E-state index in [1.807, 2.05) is 4.90 Å². The molecule has 0 aliphatic carbocycles. The van der Waals surface area contributed by atoms with E-state index in [1.54, 1.807) is 18.3 Å². The van der Waals surface area contributed by atoms with Gasteiger partial charge in [0.05, 0.1) is 0 Å². The van der Waals surface area contributed by atoms with Crippen LogP contribution in [0, 0.1) is 5.92 Å². The van der Waals surface area contributed by atoms with Gasteiger partial charge >= 0.3 is 0 Å². The van der Waals surface area contributed by atoms with Gasteiger partial charge in [-0.2, -0.15) is 0 Å². The first-order chi connectivity index (χ1) is 9.13. The molecule has 3 nitrogen and oxygen atoms in total. The largest absolute Gasteiger partial charge is 0.335 e. The fourth-order valence-electron chi connectivity index (χ4n) is 2.94. The second-order valence-electron chi connectivity index (χ2n) is 5.34. The van der Waals surface area contributed by atoms with Crippen LogP contribution in [0.3, 0.4) is 0 Å². The molecule has 2 rings (SSSR count). The summed E-state index contributed by atoms with van der Waals surface area (Å²) in [7, 11) is 0. The Balaban J connectivity index is 2.20. The van der Waals surface area contributed by atoms with Crippen molar-refractivity contribution in [2.75, 3.05) is 6.54 Å². The molecule has 0 radical (unpaired) electrons. The summed E-state index contributed by atoms with van der Waals surface area (Å²) in [6.45, 7) is 5.28. The van der Waals surface area contributed by atoms with Crippen molar-refractivity contribution >= 4 is 17.5 Å². The lowest BCUT2D eigenvalue weighted by molar-refractivity contribution is 0.0497. The van der Waals surface area contributed by atoms with Crippen molar-refractivity contribution in [1.82, 2.24) is 9.88 Å². The van der Waals surface area contributed by atoms with E-state index >= 15 is 0 Å². The third kappa shape index (κ3) is 3.27. The van der Waals surface area contributed by atoms with Gasteiger partial charge in [-0.1, -0.05) is 31.9 Å². The first-order valence-corrected chi connectivity index (χ1v) is 7.43. The summed E-state index contributed by atoms with van der Waals surface area (Å²) in [4.78, 5) is 18.6. The van der Waals surface area contributed by atoms with Crippen LogP contribution >= 0.6 is 11.6 Å². The average Bonchev–Trinajstić information content (AvgIpc) is 2.40. The number of pyridine rings is 1. The fourth-order valence-corrected chi connectivity index (χ4v) is 3.11. The minimum atomic E-state index is 0.0919. The first-order valence-electron chi connectivity index (χ1n) is 7.06. The Labute approximate surface area is 120 Å². The number of hydrogen-bond donors (Lipinski definition) is 0. The normalized spacial score (nSPS) is 23.4. The zero-order valence-electron chi connectivity index (χ0n) is 11.6. The lowest BCUT2D eigenvalue weighted by Gasteiger charge is -2.40. The Morgan fingerprint density at radius 2 is 2.37 bits per heavy atom. The van der Waals surface area contributed by atoms with E-state index in [-0.39, 0.29) is 5.91 Å². The van der Waals surface area contributed by atoms with Crippen molar-refractivity contribution in [3.63, 3.8) is 0 Å². The Bertz CT molecular complexity index is 450. The number of amides is 1. The highest BCUT2D eigenvalue weighted by Crippen LogP contribution is 2.28. The van der Waals surface area contributed by atoms with Crippen LogP contribution in [0.4, 0.5) is 0 Å². The number of carbonyl (C=O) groups is 1. The second kappa shape index (κ2) is 6.38. The van der Waals surface area contributed by atoms with Gasteiger partial charge < -0.3 is 4.90 Å². The molecule has 1 saturated heterocycles.